The minimum Gasteiger partial charge on any atom is -0.480 e. The summed E-state index contributed by atoms with van der Waals surface area (Å²) in [6.45, 7) is 4.11. The second-order valence-electron chi connectivity index (χ2n) is 5.36. The number of nitrogens with two attached hydrogens (primary N) is 2. The standard InChI is InChI=1S/C6H13NO2.C5H9NO2.C3H7NO3/c1-3-4(2)5(7)6(8)9;7-5(8)4-2-1-3-6-4;4-2(1-5)3(6)7/h4-5H,3,7H2,1-2H3,(H,8,9);4,6H,1-3H2,(H,7,8);2,5H,1,4H2,(H,6,7)/t4-,5-;4-;2-/m000/s1. The number of aliphatic carboxylic acids is 3. The highest BCUT2D eigenvalue weighted by molar-refractivity contribution is 5.74. The van der Waals surface area contributed by atoms with Gasteiger partial charge in [-0.05, 0) is 25.3 Å². The lowest BCUT2D eigenvalue weighted by Gasteiger charge is -2.11. The van der Waals surface area contributed by atoms with Gasteiger partial charge in [0, 0.05) is 0 Å². The number of nitrogens with one attached hydrogen (secondary N) is 1. The SMILES string of the molecule is CC[C@H](C)[C@H](N)C(=O)O.N[C@@H](CO)C(=O)O.O=C(O)[C@@H]1CCCN1. The van der Waals surface area contributed by atoms with Crippen molar-refractivity contribution >= 4 is 17.9 Å². The van der Waals surface area contributed by atoms with Crippen molar-refractivity contribution in [2.75, 3.05) is 13.2 Å². The first-order valence-electron chi connectivity index (χ1n) is 7.62. The predicted molar refractivity (Wildman–Crippen MR) is 86.4 cm³/mol. The van der Waals surface area contributed by atoms with E-state index in [4.69, 9.17) is 31.9 Å². The third-order valence-corrected chi connectivity index (χ3v) is 3.41. The molecule has 1 heterocycles. The largest absolute Gasteiger partial charge is 0.480 e. The molecule has 1 aliphatic heterocycles. The number of hydrogen-bond acceptors (Lipinski definition) is 7. The van der Waals surface area contributed by atoms with E-state index in [0.717, 1.165) is 25.8 Å². The second-order valence-corrected chi connectivity index (χ2v) is 5.36. The molecule has 1 aliphatic rings. The van der Waals surface area contributed by atoms with Crippen LogP contribution in [0.3, 0.4) is 0 Å². The highest BCUT2D eigenvalue weighted by Gasteiger charge is 2.20. The first-order chi connectivity index (χ1) is 11.1. The smallest absolute Gasteiger partial charge is 0.322 e. The van der Waals surface area contributed by atoms with Gasteiger partial charge in [-0.2, -0.15) is 0 Å². The Morgan fingerprint density at radius 2 is 1.71 bits per heavy atom. The molecular formula is C14H29N3O7. The highest BCUT2D eigenvalue weighted by Crippen LogP contribution is 2.04. The number of carboxylic acids is 3. The van der Waals surface area contributed by atoms with Gasteiger partial charge in [-0.1, -0.05) is 20.3 Å². The Labute approximate surface area is 140 Å². The van der Waals surface area contributed by atoms with Crippen LogP contribution in [0.4, 0.5) is 0 Å². The molecule has 0 saturated carbocycles. The summed E-state index contributed by atoms with van der Waals surface area (Å²) >= 11 is 0. The van der Waals surface area contributed by atoms with E-state index in [1.54, 1.807) is 0 Å². The van der Waals surface area contributed by atoms with Crippen LogP contribution in [0, 0.1) is 5.92 Å². The minimum absolute atomic E-state index is 0.0718. The molecule has 1 rings (SSSR count). The Morgan fingerprint density at radius 3 is 1.83 bits per heavy atom. The molecule has 0 aliphatic carbocycles. The number of aliphatic hydroxyl groups is 1. The van der Waals surface area contributed by atoms with Crippen molar-refractivity contribution in [3.8, 4) is 0 Å². The molecule has 0 unspecified atom stereocenters. The Hall–Kier alpha value is -1.75. The van der Waals surface area contributed by atoms with Crippen LogP contribution in [0.5, 0.6) is 0 Å². The lowest BCUT2D eigenvalue weighted by Crippen LogP contribution is -2.36. The molecule has 0 aromatic heterocycles. The Balaban J connectivity index is 0. The molecule has 0 spiro atoms. The third kappa shape index (κ3) is 11.8. The number of carbonyl (C=O) groups is 3. The maximum absolute atomic E-state index is 10.2. The van der Waals surface area contributed by atoms with E-state index in [0.29, 0.717) is 0 Å². The first kappa shape index (κ1) is 24.5. The number of hydrogen-bond donors (Lipinski definition) is 7. The summed E-state index contributed by atoms with van der Waals surface area (Å²) in [5.41, 5.74) is 10.0. The van der Waals surface area contributed by atoms with Gasteiger partial charge in [0.2, 0.25) is 0 Å². The average molecular weight is 351 g/mol. The summed E-state index contributed by atoms with van der Waals surface area (Å²) in [6, 6.07) is -2.09. The van der Waals surface area contributed by atoms with E-state index < -0.39 is 36.6 Å². The van der Waals surface area contributed by atoms with Gasteiger partial charge in [-0.25, -0.2) is 0 Å². The number of aliphatic hydroxyl groups excluding tert-OH is 1. The zero-order chi connectivity index (χ0) is 19.3. The van der Waals surface area contributed by atoms with Crippen molar-refractivity contribution in [1.82, 2.24) is 5.32 Å². The van der Waals surface area contributed by atoms with Crippen LogP contribution in [0.25, 0.3) is 0 Å². The zero-order valence-corrected chi connectivity index (χ0v) is 14.0. The fourth-order valence-corrected chi connectivity index (χ4v) is 1.47. The summed E-state index contributed by atoms with van der Waals surface area (Å²) in [7, 11) is 0. The normalized spacial score (nSPS) is 19.6. The van der Waals surface area contributed by atoms with Crippen molar-refractivity contribution in [2.45, 2.75) is 51.2 Å². The fraction of sp³-hybridized carbons (Fsp3) is 0.786. The third-order valence-electron chi connectivity index (χ3n) is 3.41. The molecule has 0 aromatic carbocycles. The Kier molecular flexibility index (Phi) is 14.0. The van der Waals surface area contributed by atoms with Gasteiger partial charge in [-0.15, -0.1) is 0 Å². The lowest BCUT2D eigenvalue weighted by molar-refractivity contribution is -0.140. The summed E-state index contributed by atoms with van der Waals surface area (Å²) in [6.07, 6.45) is 2.60. The van der Waals surface area contributed by atoms with Crippen molar-refractivity contribution in [3.05, 3.63) is 0 Å². The van der Waals surface area contributed by atoms with Gasteiger partial charge in [-0.3, -0.25) is 14.4 Å². The van der Waals surface area contributed by atoms with Gasteiger partial charge in [0.25, 0.3) is 0 Å². The quantitative estimate of drug-likeness (QED) is 0.300. The van der Waals surface area contributed by atoms with Crippen LogP contribution < -0.4 is 16.8 Å². The van der Waals surface area contributed by atoms with Crippen molar-refractivity contribution in [2.24, 2.45) is 17.4 Å². The Morgan fingerprint density at radius 1 is 1.17 bits per heavy atom. The molecule has 10 heteroatoms. The summed E-state index contributed by atoms with van der Waals surface area (Å²) < 4.78 is 0. The van der Waals surface area contributed by atoms with E-state index >= 15 is 0 Å². The van der Waals surface area contributed by atoms with Gasteiger partial charge < -0.3 is 37.2 Å². The summed E-state index contributed by atoms with van der Waals surface area (Å²) in [5, 5.41) is 35.5. The maximum Gasteiger partial charge on any atom is 0.322 e. The van der Waals surface area contributed by atoms with E-state index in [-0.39, 0.29) is 12.0 Å². The molecule has 24 heavy (non-hydrogen) atoms. The van der Waals surface area contributed by atoms with Gasteiger partial charge in [0.1, 0.15) is 18.1 Å². The van der Waals surface area contributed by atoms with E-state index in [1.165, 1.54) is 0 Å². The van der Waals surface area contributed by atoms with Crippen molar-refractivity contribution in [3.63, 3.8) is 0 Å². The molecule has 0 amide bonds. The van der Waals surface area contributed by atoms with Gasteiger partial charge >= 0.3 is 17.9 Å². The van der Waals surface area contributed by atoms with Gasteiger partial charge in [0.05, 0.1) is 6.61 Å². The van der Waals surface area contributed by atoms with Gasteiger partial charge in [0.15, 0.2) is 0 Å². The van der Waals surface area contributed by atoms with Crippen molar-refractivity contribution < 1.29 is 34.8 Å². The number of rotatable bonds is 6. The monoisotopic (exact) mass is 351 g/mol. The molecule has 0 aromatic rings. The van der Waals surface area contributed by atoms with E-state index in [2.05, 4.69) is 5.32 Å². The lowest BCUT2D eigenvalue weighted by atomic mass is 10.0. The number of carboxylic acid groups (broad SMARTS) is 3. The second kappa shape index (κ2) is 13.7. The van der Waals surface area contributed by atoms with Crippen LogP contribution in [0.2, 0.25) is 0 Å². The van der Waals surface area contributed by atoms with Crippen LogP contribution in [-0.2, 0) is 14.4 Å². The zero-order valence-electron chi connectivity index (χ0n) is 14.0. The summed E-state index contributed by atoms with van der Waals surface area (Å²) in [5.74, 6) is -2.74. The average Bonchev–Trinajstić information content (AvgIpc) is 3.08. The minimum atomic E-state index is -1.18. The van der Waals surface area contributed by atoms with Crippen LogP contribution in [0.1, 0.15) is 33.1 Å². The predicted octanol–water partition coefficient (Wildman–Crippen LogP) is -1.34. The molecular weight excluding hydrogens is 322 g/mol. The van der Waals surface area contributed by atoms with Crippen LogP contribution in [-0.4, -0.2) is 69.6 Å². The fourth-order valence-electron chi connectivity index (χ4n) is 1.47. The molecule has 4 atom stereocenters. The first-order valence-corrected chi connectivity index (χ1v) is 7.62. The molecule has 0 radical (unpaired) electrons. The van der Waals surface area contributed by atoms with Crippen LogP contribution >= 0.6 is 0 Å². The molecule has 0 bridgehead atoms. The van der Waals surface area contributed by atoms with Crippen molar-refractivity contribution in [1.29, 1.82) is 0 Å². The highest BCUT2D eigenvalue weighted by atomic mass is 16.4. The Bertz CT molecular complexity index is 387. The molecule has 1 saturated heterocycles. The topological polar surface area (TPSA) is 196 Å². The maximum atomic E-state index is 10.2. The molecule has 9 N–H and O–H groups in total. The van der Waals surface area contributed by atoms with Crippen LogP contribution in [0.15, 0.2) is 0 Å². The molecule has 142 valence electrons. The summed E-state index contributed by atoms with van der Waals surface area (Å²) in [4.78, 5) is 30.0. The molecule has 10 nitrogen and oxygen atoms in total. The molecule has 1 fully saturated rings. The van der Waals surface area contributed by atoms with E-state index in [9.17, 15) is 14.4 Å². The van der Waals surface area contributed by atoms with E-state index in [1.807, 2.05) is 13.8 Å².